The molecule has 0 aromatic heterocycles. The molecule has 0 radical (unpaired) electrons. The Labute approximate surface area is 128 Å². The minimum absolute atomic E-state index is 0.0303. The SMILES string of the molecule is CC(C)(C)C(=O)ON1CC(Oc2cc(Cl)cc(Cl)c2)C1. The molecule has 0 amide bonds. The van der Waals surface area contributed by atoms with Crippen LogP contribution in [0.1, 0.15) is 20.8 Å². The summed E-state index contributed by atoms with van der Waals surface area (Å²) in [6.45, 7) is 6.52. The van der Waals surface area contributed by atoms with Crippen molar-refractivity contribution < 1.29 is 14.4 Å². The molecule has 1 aromatic carbocycles. The Morgan fingerprint density at radius 3 is 2.25 bits per heavy atom. The average Bonchev–Trinajstić information content (AvgIpc) is 2.23. The molecule has 1 saturated heterocycles. The van der Waals surface area contributed by atoms with Crippen LogP contribution in [0.4, 0.5) is 0 Å². The van der Waals surface area contributed by atoms with Gasteiger partial charge in [0.05, 0.1) is 18.5 Å². The van der Waals surface area contributed by atoms with E-state index >= 15 is 0 Å². The van der Waals surface area contributed by atoms with E-state index in [0.29, 0.717) is 28.9 Å². The summed E-state index contributed by atoms with van der Waals surface area (Å²) in [6, 6.07) is 5.06. The van der Waals surface area contributed by atoms with Gasteiger partial charge in [0, 0.05) is 10.0 Å². The van der Waals surface area contributed by atoms with Crippen molar-refractivity contribution in [2.75, 3.05) is 13.1 Å². The van der Waals surface area contributed by atoms with Crippen molar-refractivity contribution in [2.45, 2.75) is 26.9 Å². The molecule has 2 rings (SSSR count). The zero-order chi connectivity index (χ0) is 14.9. The van der Waals surface area contributed by atoms with Gasteiger partial charge >= 0.3 is 5.97 Å². The molecular weight excluding hydrogens is 301 g/mol. The van der Waals surface area contributed by atoms with E-state index in [4.69, 9.17) is 32.8 Å². The first-order valence-corrected chi connectivity index (χ1v) is 7.10. The Balaban J connectivity index is 1.81. The highest BCUT2D eigenvalue weighted by Gasteiger charge is 2.34. The smallest absolute Gasteiger partial charge is 0.330 e. The van der Waals surface area contributed by atoms with Gasteiger partial charge in [-0.1, -0.05) is 23.2 Å². The highest BCUT2D eigenvalue weighted by Crippen LogP contribution is 2.27. The van der Waals surface area contributed by atoms with Gasteiger partial charge in [-0.2, -0.15) is 0 Å². The van der Waals surface area contributed by atoms with E-state index in [-0.39, 0.29) is 12.1 Å². The molecule has 4 nitrogen and oxygen atoms in total. The molecule has 1 aromatic rings. The van der Waals surface area contributed by atoms with Crippen LogP contribution in [0.15, 0.2) is 18.2 Å². The highest BCUT2D eigenvalue weighted by atomic mass is 35.5. The highest BCUT2D eigenvalue weighted by molar-refractivity contribution is 6.34. The third-order valence-electron chi connectivity index (χ3n) is 2.78. The number of carbonyl (C=O) groups is 1. The van der Waals surface area contributed by atoms with Gasteiger partial charge in [0.2, 0.25) is 0 Å². The van der Waals surface area contributed by atoms with E-state index in [1.165, 1.54) is 0 Å². The molecule has 1 aliphatic rings. The molecule has 0 aliphatic carbocycles. The first-order valence-electron chi connectivity index (χ1n) is 6.34. The first-order chi connectivity index (χ1) is 9.24. The number of benzene rings is 1. The molecule has 0 N–H and O–H groups in total. The van der Waals surface area contributed by atoms with Gasteiger partial charge < -0.3 is 9.57 Å². The summed E-state index contributed by atoms with van der Waals surface area (Å²) in [4.78, 5) is 16.9. The number of hydrogen-bond acceptors (Lipinski definition) is 4. The van der Waals surface area contributed by atoms with Crippen molar-refractivity contribution in [1.82, 2.24) is 5.06 Å². The van der Waals surface area contributed by atoms with E-state index in [1.807, 2.05) is 20.8 Å². The summed E-state index contributed by atoms with van der Waals surface area (Å²) >= 11 is 11.8. The minimum Gasteiger partial charge on any atom is -0.487 e. The average molecular weight is 318 g/mol. The van der Waals surface area contributed by atoms with Crippen LogP contribution in [-0.2, 0) is 9.63 Å². The standard InChI is InChI=1S/C14H17Cl2NO3/c1-14(2,3)13(18)20-17-7-12(8-17)19-11-5-9(15)4-10(16)6-11/h4-6,12H,7-8H2,1-3H3. The Morgan fingerprint density at radius 2 is 1.75 bits per heavy atom. The normalized spacial score (nSPS) is 16.6. The minimum atomic E-state index is -0.508. The molecule has 1 fully saturated rings. The van der Waals surface area contributed by atoms with E-state index < -0.39 is 5.41 Å². The van der Waals surface area contributed by atoms with Crippen molar-refractivity contribution in [3.05, 3.63) is 28.2 Å². The Bertz CT molecular complexity index is 487. The summed E-state index contributed by atoms with van der Waals surface area (Å²) in [5.74, 6) is 0.371. The Kier molecular flexibility index (Phi) is 4.47. The van der Waals surface area contributed by atoms with Gasteiger partial charge in [-0.25, -0.2) is 4.79 Å². The maximum Gasteiger partial charge on any atom is 0.330 e. The van der Waals surface area contributed by atoms with Crippen LogP contribution in [0.2, 0.25) is 10.0 Å². The van der Waals surface area contributed by atoms with Crippen LogP contribution in [0.5, 0.6) is 5.75 Å². The summed E-state index contributed by atoms with van der Waals surface area (Å²) < 4.78 is 5.71. The predicted molar refractivity (Wildman–Crippen MR) is 78.0 cm³/mol. The van der Waals surface area contributed by atoms with Crippen molar-refractivity contribution in [2.24, 2.45) is 5.41 Å². The molecule has 0 saturated carbocycles. The van der Waals surface area contributed by atoms with E-state index in [1.54, 1.807) is 23.3 Å². The topological polar surface area (TPSA) is 38.8 Å². The number of hydrogen-bond donors (Lipinski definition) is 0. The predicted octanol–water partition coefficient (Wildman–Crippen LogP) is 3.56. The Hall–Kier alpha value is -0.970. The van der Waals surface area contributed by atoms with Crippen LogP contribution in [0, 0.1) is 5.41 Å². The number of halogens is 2. The zero-order valence-electron chi connectivity index (χ0n) is 11.7. The van der Waals surface area contributed by atoms with Gasteiger partial charge in [0.1, 0.15) is 11.9 Å². The fourth-order valence-electron chi connectivity index (χ4n) is 1.59. The molecule has 0 spiro atoms. The maximum absolute atomic E-state index is 11.7. The molecule has 1 heterocycles. The fraction of sp³-hybridized carbons (Fsp3) is 0.500. The number of nitrogens with zero attached hydrogens (tertiary/aromatic N) is 1. The molecule has 1 aliphatic heterocycles. The van der Waals surface area contributed by atoms with Crippen LogP contribution in [-0.4, -0.2) is 30.2 Å². The van der Waals surface area contributed by atoms with Crippen molar-refractivity contribution >= 4 is 29.2 Å². The van der Waals surface area contributed by atoms with Gasteiger partial charge in [-0.05, 0) is 39.0 Å². The van der Waals surface area contributed by atoms with Gasteiger partial charge in [0.15, 0.2) is 0 Å². The van der Waals surface area contributed by atoms with Crippen LogP contribution in [0.3, 0.4) is 0 Å². The van der Waals surface area contributed by atoms with Crippen LogP contribution in [0.25, 0.3) is 0 Å². The lowest BCUT2D eigenvalue weighted by Gasteiger charge is -2.38. The lowest BCUT2D eigenvalue weighted by Crippen LogP contribution is -2.55. The molecular formula is C14H17Cl2NO3. The third kappa shape index (κ3) is 4.01. The van der Waals surface area contributed by atoms with E-state index in [0.717, 1.165) is 0 Å². The lowest BCUT2D eigenvalue weighted by atomic mass is 9.98. The van der Waals surface area contributed by atoms with Gasteiger partial charge in [-0.3, -0.25) is 0 Å². The second kappa shape index (κ2) is 5.80. The monoisotopic (exact) mass is 317 g/mol. The molecule has 0 unspecified atom stereocenters. The van der Waals surface area contributed by atoms with Gasteiger partial charge in [0.25, 0.3) is 0 Å². The number of carbonyl (C=O) groups excluding carboxylic acids is 1. The van der Waals surface area contributed by atoms with Crippen molar-refractivity contribution in [3.8, 4) is 5.75 Å². The molecule has 0 atom stereocenters. The largest absolute Gasteiger partial charge is 0.487 e. The third-order valence-corrected chi connectivity index (χ3v) is 3.21. The van der Waals surface area contributed by atoms with Crippen LogP contribution >= 0.6 is 23.2 Å². The number of ether oxygens (including phenoxy) is 1. The molecule has 20 heavy (non-hydrogen) atoms. The summed E-state index contributed by atoms with van der Waals surface area (Å²) in [7, 11) is 0. The Morgan fingerprint density at radius 1 is 1.20 bits per heavy atom. The second-order valence-electron chi connectivity index (χ2n) is 5.82. The van der Waals surface area contributed by atoms with Crippen LogP contribution < -0.4 is 4.74 Å². The van der Waals surface area contributed by atoms with E-state index in [2.05, 4.69) is 0 Å². The van der Waals surface area contributed by atoms with E-state index in [9.17, 15) is 4.79 Å². The summed E-state index contributed by atoms with van der Waals surface area (Å²) in [6.07, 6.45) is -0.0303. The first kappa shape index (κ1) is 15.4. The molecule has 6 heteroatoms. The van der Waals surface area contributed by atoms with Crippen molar-refractivity contribution in [1.29, 1.82) is 0 Å². The maximum atomic E-state index is 11.7. The number of rotatable bonds is 3. The zero-order valence-corrected chi connectivity index (χ0v) is 13.2. The van der Waals surface area contributed by atoms with Crippen molar-refractivity contribution in [3.63, 3.8) is 0 Å². The molecule has 0 bridgehead atoms. The quantitative estimate of drug-likeness (QED) is 0.854. The fourth-order valence-corrected chi connectivity index (χ4v) is 2.10. The lowest BCUT2D eigenvalue weighted by molar-refractivity contribution is -0.234. The van der Waals surface area contributed by atoms with Gasteiger partial charge in [-0.15, -0.1) is 5.06 Å². The molecule has 110 valence electrons. The number of hydroxylamine groups is 2. The second-order valence-corrected chi connectivity index (χ2v) is 6.69. The summed E-state index contributed by atoms with van der Waals surface area (Å²) in [5.41, 5.74) is -0.508. The summed E-state index contributed by atoms with van der Waals surface area (Å²) in [5, 5.41) is 2.65.